The fourth-order valence-corrected chi connectivity index (χ4v) is 1.69. The Morgan fingerprint density at radius 3 is 2.00 bits per heavy atom. The maximum absolute atomic E-state index is 12.6. The highest BCUT2D eigenvalue weighted by Gasteiger charge is 2.28. The highest BCUT2D eigenvalue weighted by molar-refractivity contribution is 6.18. The summed E-state index contributed by atoms with van der Waals surface area (Å²) >= 11 is 0. The summed E-state index contributed by atoms with van der Waals surface area (Å²) in [4.78, 5) is 24.9. The number of alkyl halides is 2. The molecule has 6 heteroatoms. The Kier molecular flexibility index (Phi) is 10.4. The van der Waals surface area contributed by atoms with Crippen molar-refractivity contribution in [3.05, 3.63) is 11.8 Å². The molecule has 0 amide bonds. The van der Waals surface area contributed by atoms with Gasteiger partial charge < -0.3 is 9.64 Å². The maximum Gasteiger partial charge on any atom is 0.343 e. The number of carbonyl (C=O) groups excluding carboxylic acids is 2. The van der Waals surface area contributed by atoms with Crippen LogP contribution >= 0.6 is 0 Å². The van der Waals surface area contributed by atoms with Gasteiger partial charge in [-0.15, -0.1) is 0 Å². The number of unbranched alkanes of at least 4 members (excludes halogenated alkanes) is 2. The van der Waals surface area contributed by atoms with Crippen LogP contribution in [-0.2, 0) is 14.3 Å². The van der Waals surface area contributed by atoms with Gasteiger partial charge in [0.25, 0.3) is 0 Å². The van der Waals surface area contributed by atoms with Gasteiger partial charge in [-0.3, -0.25) is 4.79 Å². The molecular weight excluding hydrogens is 280 g/mol. The van der Waals surface area contributed by atoms with Crippen molar-refractivity contribution in [2.45, 2.75) is 52.9 Å². The second-order valence-electron chi connectivity index (χ2n) is 4.67. The zero-order chi connectivity index (χ0) is 16.3. The molecule has 0 heterocycles. The number of hydrogen-bond acceptors (Lipinski definition) is 4. The van der Waals surface area contributed by atoms with Gasteiger partial charge >= 0.3 is 12.4 Å². The summed E-state index contributed by atoms with van der Waals surface area (Å²) < 4.78 is 29.9. The quantitative estimate of drug-likeness (QED) is 0.255. The predicted octanol–water partition coefficient (Wildman–Crippen LogP) is 3.17. The Bertz CT molecular complexity index is 349. The van der Waals surface area contributed by atoms with Crippen LogP contribution in [0.15, 0.2) is 11.8 Å². The standard InChI is InChI=1S/C15H25F2NO3/c1-4-7-9-18(10-8-5-2)11-12(13(19)14(16)17)15(20)21-6-3/h11,14H,4-10H2,1-3H3/b12-11+. The normalized spacial score (nSPS) is 11.6. The minimum Gasteiger partial charge on any atom is -0.462 e. The predicted molar refractivity (Wildman–Crippen MR) is 77.1 cm³/mol. The Hall–Kier alpha value is -1.46. The van der Waals surface area contributed by atoms with E-state index in [1.807, 2.05) is 13.8 Å². The number of hydrogen-bond donors (Lipinski definition) is 0. The minimum atomic E-state index is -3.21. The third-order valence-electron chi connectivity index (χ3n) is 2.87. The number of rotatable bonds is 11. The van der Waals surface area contributed by atoms with Crippen molar-refractivity contribution in [2.75, 3.05) is 19.7 Å². The summed E-state index contributed by atoms with van der Waals surface area (Å²) in [7, 11) is 0. The summed E-state index contributed by atoms with van der Waals surface area (Å²) in [6.45, 7) is 6.87. The molecule has 0 aliphatic carbocycles. The van der Waals surface area contributed by atoms with Crippen LogP contribution in [0.4, 0.5) is 8.78 Å². The van der Waals surface area contributed by atoms with Crippen molar-refractivity contribution in [2.24, 2.45) is 0 Å². The fraction of sp³-hybridized carbons (Fsp3) is 0.733. The van der Waals surface area contributed by atoms with E-state index in [2.05, 4.69) is 0 Å². The Morgan fingerprint density at radius 2 is 1.62 bits per heavy atom. The topological polar surface area (TPSA) is 46.6 Å². The van der Waals surface area contributed by atoms with Crippen LogP contribution in [0, 0.1) is 0 Å². The Balaban J connectivity index is 5.18. The van der Waals surface area contributed by atoms with Crippen LogP contribution in [-0.4, -0.2) is 42.8 Å². The molecule has 0 aliphatic rings. The molecule has 0 saturated carbocycles. The van der Waals surface area contributed by atoms with Crippen molar-refractivity contribution >= 4 is 11.8 Å². The van der Waals surface area contributed by atoms with Gasteiger partial charge in [-0.1, -0.05) is 26.7 Å². The molecule has 0 spiro atoms. The SMILES string of the molecule is CCCCN(/C=C(/C(=O)OCC)C(=O)C(F)F)CCCC. The lowest BCUT2D eigenvalue weighted by Crippen LogP contribution is -2.27. The third-order valence-corrected chi connectivity index (χ3v) is 2.87. The van der Waals surface area contributed by atoms with Gasteiger partial charge in [-0.2, -0.15) is 0 Å². The molecule has 0 radical (unpaired) electrons. The number of ketones is 1. The first kappa shape index (κ1) is 19.5. The monoisotopic (exact) mass is 305 g/mol. The molecular formula is C15H25F2NO3. The Labute approximate surface area is 125 Å². The van der Waals surface area contributed by atoms with E-state index >= 15 is 0 Å². The molecule has 122 valence electrons. The highest BCUT2D eigenvalue weighted by Crippen LogP contribution is 2.11. The van der Waals surface area contributed by atoms with E-state index in [0.717, 1.165) is 25.7 Å². The zero-order valence-corrected chi connectivity index (χ0v) is 13.0. The molecule has 0 bridgehead atoms. The lowest BCUT2D eigenvalue weighted by atomic mass is 10.1. The smallest absolute Gasteiger partial charge is 0.343 e. The summed E-state index contributed by atoms with van der Waals surface area (Å²) in [5.41, 5.74) is -0.570. The number of nitrogens with zero attached hydrogens (tertiary/aromatic N) is 1. The van der Waals surface area contributed by atoms with E-state index in [1.165, 1.54) is 6.20 Å². The molecule has 21 heavy (non-hydrogen) atoms. The highest BCUT2D eigenvalue weighted by atomic mass is 19.3. The van der Waals surface area contributed by atoms with Crippen LogP contribution < -0.4 is 0 Å². The fourth-order valence-electron chi connectivity index (χ4n) is 1.69. The van der Waals surface area contributed by atoms with Crippen molar-refractivity contribution in [1.29, 1.82) is 0 Å². The molecule has 0 unspecified atom stereocenters. The summed E-state index contributed by atoms with van der Waals surface area (Å²) in [5, 5.41) is 0. The second-order valence-corrected chi connectivity index (χ2v) is 4.67. The number of halogens is 2. The van der Waals surface area contributed by atoms with Gasteiger partial charge in [-0.05, 0) is 19.8 Å². The molecule has 0 atom stereocenters. The van der Waals surface area contributed by atoms with Crippen LogP contribution in [0.5, 0.6) is 0 Å². The molecule has 0 aromatic rings. The third kappa shape index (κ3) is 7.78. The van der Waals surface area contributed by atoms with Crippen LogP contribution in [0.3, 0.4) is 0 Å². The van der Waals surface area contributed by atoms with E-state index < -0.39 is 23.8 Å². The lowest BCUT2D eigenvalue weighted by Gasteiger charge is -2.21. The first-order chi connectivity index (χ1) is 9.97. The molecule has 0 aromatic carbocycles. The second kappa shape index (κ2) is 11.2. The van der Waals surface area contributed by atoms with E-state index in [0.29, 0.717) is 13.1 Å². The van der Waals surface area contributed by atoms with Crippen LogP contribution in [0.2, 0.25) is 0 Å². The first-order valence-electron chi connectivity index (χ1n) is 7.43. The maximum atomic E-state index is 12.6. The zero-order valence-electron chi connectivity index (χ0n) is 13.0. The van der Waals surface area contributed by atoms with Crippen LogP contribution in [0.1, 0.15) is 46.5 Å². The number of ether oxygens (including phenoxy) is 1. The number of Topliss-reactive ketones (excluding diaryl/α,β-unsaturated/α-hetero) is 1. The molecule has 0 fully saturated rings. The van der Waals surface area contributed by atoms with E-state index in [9.17, 15) is 18.4 Å². The summed E-state index contributed by atoms with van der Waals surface area (Å²) in [5.74, 6) is -2.47. The molecule has 0 N–H and O–H groups in total. The average molecular weight is 305 g/mol. The van der Waals surface area contributed by atoms with Crippen molar-refractivity contribution in [1.82, 2.24) is 4.90 Å². The average Bonchev–Trinajstić information content (AvgIpc) is 2.45. The van der Waals surface area contributed by atoms with Gasteiger partial charge in [-0.25, -0.2) is 13.6 Å². The molecule has 0 aliphatic heterocycles. The first-order valence-corrected chi connectivity index (χ1v) is 7.43. The molecule has 0 aromatic heterocycles. The van der Waals surface area contributed by atoms with E-state index in [-0.39, 0.29) is 6.61 Å². The summed E-state index contributed by atoms with van der Waals surface area (Å²) in [6, 6.07) is 0. The van der Waals surface area contributed by atoms with E-state index in [4.69, 9.17) is 4.74 Å². The van der Waals surface area contributed by atoms with Gasteiger partial charge in [0.05, 0.1) is 6.61 Å². The van der Waals surface area contributed by atoms with Gasteiger partial charge in [0.1, 0.15) is 5.57 Å². The van der Waals surface area contributed by atoms with E-state index in [1.54, 1.807) is 11.8 Å². The molecule has 4 nitrogen and oxygen atoms in total. The molecule has 0 rings (SSSR count). The largest absolute Gasteiger partial charge is 0.462 e. The van der Waals surface area contributed by atoms with Crippen molar-refractivity contribution in [3.8, 4) is 0 Å². The van der Waals surface area contributed by atoms with Crippen LogP contribution in [0.25, 0.3) is 0 Å². The Morgan fingerprint density at radius 1 is 1.10 bits per heavy atom. The molecule has 0 saturated heterocycles. The van der Waals surface area contributed by atoms with Crippen molar-refractivity contribution in [3.63, 3.8) is 0 Å². The number of carbonyl (C=O) groups is 2. The van der Waals surface area contributed by atoms with Crippen molar-refractivity contribution < 1.29 is 23.1 Å². The van der Waals surface area contributed by atoms with Gasteiger partial charge in [0.2, 0.25) is 5.78 Å². The van der Waals surface area contributed by atoms with Gasteiger partial charge in [0.15, 0.2) is 0 Å². The van der Waals surface area contributed by atoms with Gasteiger partial charge in [0, 0.05) is 19.3 Å². The number of esters is 1. The summed E-state index contributed by atoms with van der Waals surface area (Å²) in [6.07, 6.45) is 1.62. The minimum absolute atomic E-state index is 0.0383. The lowest BCUT2D eigenvalue weighted by molar-refractivity contribution is -0.141.